The van der Waals surface area contributed by atoms with Crippen molar-refractivity contribution in [1.29, 1.82) is 0 Å². The van der Waals surface area contributed by atoms with Gasteiger partial charge in [-0.05, 0) is 64.2 Å². The monoisotopic (exact) mass is 255 g/mol. The summed E-state index contributed by atoms with van der Waals surface area (Å²) >= 11 is 0. The van der Waals surface area contributed by atoms with E-state index in [1.165, 1.54) is 6.42 Å². The van der Waals surface area contributed by atoms with Crippen LogP contribution < -0.4 is 5.32 Å². The molecule has 0 aromatic heterocycles. The zero-order valence-corrected chi connectivity index (χ0v) is 11.7. The summed E-state index contributed by atoms with van der Waals surface area (Å²) in [6.07, 6.45) is 4.82. The number of ether oxygens (including phenoxy) is 1. The smallest absolute Gasteiger partial charge is 0.407 e. The third-order valence-electron chi connectivity index (χ3n) is 4.20. The van der Waals surface area contributed by atoms with E-state index in [0.29, 0.717) is 17.9 Å². The molecule has 1 spiro atoms. The second kappa shape index (κ2) is 4.72. The number of aliphatic hydroxyl groups excluding tert-OH is 1. The van der Waals surface area contributed by atoms with Crippen molar-refractivity contribution in [3.8, 4) is 0 Å². The molecule has 0 bridgehead atoms. The van der Waals surface area contributed by atoms with Crippen molar-refractivity contribution in [3.05, 3.63) is 0 Å². The number of amides is 1. The Hall–Kier alpha value is -0.770. The normalized spacial score (nSPS) is 35.3. The molecule has 104 valence electrons. The number of carbonyl (C=O) groups is 1. The van der Waals surface area contributed by atoms with Gasteiger partial charge in [-0.2, -0.15) is 0 Å². The van der Waals surface area contributed by atoms with Crippen LogP contribution in [0, 0.1) is 11.3 Å². The molecule has 1 atom stereocenters. The van der Waals surface area contributed by atoms with Crippen LogP contribution in [0.5, 0.6) is 0 Å². The molecule has 0 saturated heterocycles. The molecule has 1 amide bonds. The van der Waals surface area contributed by atoms with E-state index in [1.54, 1.807) is 0 Å². The van der Waals surface area contributed by atoms with E-state index in [9.17, 15) is 9.90 Å². The molecule has 1 unspecified atom stereocenters. The van der Waals surface area contributed by atoms with E-state index in [0.717, 1.165) is 25.7 Å². The van der Waals surface area contributed by atoms with E-state index >= 15 is 0 Å². The van der Waals surface area contributed by atoms with Crippen molar-refractivity contribution >= 4 is 6.09 Å². The zero-order valence-electron chi connectivity index (χ0n) is 11.7. The molecule has 4 nitrogen and oxygen atoms in total. The summed E-state index contributed by atoms with van der Waals surface area (Å²) in [5.41, 5.74) is -0.0193. The van der Waals surface area contributed by atoms with Gasteiger partial charge in [0.05, 0.1) is 6.10 Å². The lowest BCUT2D eigenvalue weighted by Gasteiger charge is -2.26. The topological polar surface area (TPSA) is 58.6 Å². The second-order valence-electron chi connectivity index (χ2n) is 6.88. The average molecular weight is 255 g/mol. The summed E-state index contributed by atoms with van der Waals surface area (Å²) in [6.45, 7) is 6.32. The van der Waals surface area contributed by atoms with Crippen molar-refractivity contribution in [2.75, 3.05) is 6.54 Å². The Bertz CT molecular complexity index is 313. The Morgan fingerprint density at radius 3 is 2.56 bits per heavy atom. The van der Waals surface area contributed by atoms with Crippen LogP contribution in [-0.4, -0.2) is 29.4 Å². The molecule has 2 rings (SSSR count). The van der Waals surface area contributed by atoms with Crippen molar-refractivity contribution < 1.29 is 14.6 Å². The molecule has 2 aliphatic rings. The van der Waals surface area contributed by atoms with Gasteiger partial charge in [0.15, 0.2) is 0 Å². The first kappa shape index (κ1) is 13.7. The third kappa shape index (κ3) is 3.37. The Balaban J connectivity index is 1.69. The maximum absolute atomic E-state index is 11.5. The standard InChI is InChI=1S/C14H25NO3/c1-13(2,3)18-12(17)15-9-10-8-14(10)6-4-11(16)5-7-14/h10-11,16H,4-9H2,1-3H3,(H,15,17). The highest BCUT2D eigenvalue weighted by Gasteiger charge is 2.54. The van der Waals surface area contributed by atoms with Gasteiger partial charge in [0.1, 0.15) is 5.60 Å². The molecule has 0 aromatic carbocycles. The molecule has 2 aliphatic carbocycles. The number of aliphatic hydroxyl groups is 1. The number of nitrogens with one attached hydrogen (secondary N) is 1. The summed E-state index contributed by atoms with van der Waals surface area (Å²) in [5, 5.41) is 12.4. The van der Waals surface area contributed by atoms with E-state index in [-0.39, 0.29) is 12.2 Å². The maximum atomic E-state index is 11.5. The minimum atomic E-state index is -0.430. The largest absolute Gasteiger partial charge is 0.444 e. The fourth-order valence-corrected chi connectivity index (χ4v) is 3.03. The molecule has 18 heavy (non-hydrogen) atoms. The summed E-state index contributed by atoms with van der Waals surface area (Å²) < 4.78 is 5.22. The molecule has 2 N–H and O–H groups in total. The first-order chi connectivity index (χ1) is 8.31. The summed E-state index contributed by atoms with van der Waals surface area (Å²) in [7, 11) is 0. The number of hydrogen-bond donors (Lipinski definition) is 2. The highest BCUT2D eigenvalue weighted by molar-refractivity contribution is 5.67. The van der Waals surface area contributed by atoms with E-state index < -0.39 is 5.60 Å². The molecular formula is C14H25NO3. The van der Waals surface area contributed by atoms with E-state index in [2.05, 4.69) is 5.32 Å². The third-order valence-corrected chi connectivity index (χ3v) is 4.20. The van der Waals surface area contributed by atoms with Gasteiger partial charge in [0.2, 0.25) is 0 Å². The van der Waals surface area contributed by atoms with Crippen LogP contribution in [0.25, 0.3) is 0 Å². The summed E-state index contributed by atoms with van der Waals surface area (Å²) in [4.78, 5) is 11.5. The van der Waals surface area contributed by atoms with Crippen molar-refractivity contribution in [2.45, 2.75) is 64.6 Å². The Labute approximate surface area is 109 Å². The van der Waals surface area contributed by atoms with Gasteiger partial charge in [0.25, 0.3) is 0 Å². The van der Waals surface area contributed by atoms with Gasteiger partial charge in [0, 0.05) is 6.54 Å². The van der Waals surface area contributed by atoms with Gasteiger partial charge >= 0.3 is 6.09 Å². The van der Waals surface area contributed by atoms with Crippen LogP contribution in [0.2, 0.25) is 0 Å². The Morgan fingerprint density at radius 1 is 1.39 bits per heavy atom. The van der Waals surface area contributed by atoms with Gasteiger partial charge in [-0.15, -0.1) is 0 Å². The number of carbonyl (C=O) groups excluding carboxylic acids is 1. The molecule has 4 heteroatoms. The predicted octanol–water partition coefficient (Wildman–Crippen LogP) is 2.45. The number of alkyl carbamates (subject to hydrolysis) is 1. The summed E-state index contributed by atoms with van der Waals surface area (Å²) in [6, 6.07) is 0. The highest BCUT2D eigenvalue weighted by atomic mass is 16.6. The molecular weight excluding hydrogens is 230 g/mol. The van der Waals surface area contributed by atoms with Crippen LogP contribution in [0.15, 0.2) is 0 Å². The average Bonchev–Trinajstić information content (AvgIpc) is 2.91. The van der Waals surface area contributed by atoms with Crippen LogP contribution in [0.1, 0.15) is 52.9 Å². The quantitative estimate of drug-likeness (QED) is 0.797. The highest BCUT2D eigenvalue weighted by Crippen LogP contribution is 2.60. The SMILES string of the molecule is CC(C)(C)OC(=O)NCC1CC12CCC(O)CC2. The van der Waals surface area contributed by atoms with Gasteiger partial charge in [-0.3, -0.25) is 0 Å². The fourth-order valence-electron chi connectivity index (χ4n) is 3.03. The minimum absolute atomic E-state index is 0.101. The molecule has 2 fully saturated rings. The van der Waals surface area contributed by atoms with Crippen molar-refractivity contribution in [1.82, 2.24) is 5.32 Å². The van der Waals surface area contributed by atoms with Gasteiger partial charge in [-0.1, -0.05) is 0 Å². The number of rotatable bonds is 2. The molecule has 0 aromatic rings. The van der Waals surface area contributed by atoms with Crippen LogP contribution in [0.3, 0.4) is 0 Å². The summed E-state index contributed by atoms with van der Waals surface area (Å²) in [5.74, 6) is 0.581. The van der Waals surface area contributed by atoms with Crippen LogP contribution >= 0.6 is 0 Å². The van der Waals surface area contributed by atoms with Crippen molar-refractivity contribution in [3.63, 3.8) is 0 Å². The lowest BCUT2D eigenvalue weighted by Crippen LogP contribution is -2.34. The van der Waals surface area contributed by atoms with Gasteiger partial charge < -0.3 is 15.2 Å². The first-order valence-corrected chi connectivity index (χ1v) is 6.96. The fraction of sp³-hybridized carbons (Fsp3) is 0.929. The first-order valence-electron chi connectivity index (χ1n) is 6.96. The Morgan fingerprint density at radius 2 is 2.00 bits per heavy atom. The predicted molar refractivity (Wildman–Crippen MR) is 69.3 cm³/mol. The molecule has 0 radical (unpaired) electrons. The van der Waals surface area contributed by atoms with E-state index in [1.807, 2.05) is 20.8 Å². The second-order valence-corrected chi connectivity index (χ2v) is 6.88. The van der Waals surface area contributed by atoms with Gasteiger partial charge in [-0.25, -0.2) is 4.79 Å². The van der Waals surface area contributed by atoms with E-state index in [4.69, 9.17) is 4.74 Å². The Kier molecular flexibility index (Phi) is 3.58. The lowest BCUT2D eigenvalue weighted by molar-refractivity contribution is 0.0517. The van der Waals surface area contributed by atoms with Crippen molar-refractivity contribution in [2.24, 2.45) is 11.3 Å². The lowest BCUT2D eigenvalue weighted by atomic mass is 9.83. The zero-order chi connectivity index (χ0) is 13.4. The number of hydrogen-bond acceptors (Lipinski definition) is 3. The molecule has 0 heterocycles. The van der Waals surface area contributed by atoms with Crippen LogP contribution in [0.4, 0.5) is 4.79 Å². The molecule has 2 saturated carbocycles. The minimum Gasteiger partial charge on any atom is -0.444 e. The maximum Gasteiger partial charge on any atom is 0.407 e. The van der Waals surface area contributed by atoms with Crippen LogP contribution in [-0.2, 0) is 4.74 Å². The molecule has 0 aliphatic heterocycles.